The smallest absolute Gasteiger partial charge is 0.255 e. The van der Waals surface area contributed by atoms with E-state index in [2.05, 4.69) is 15.3 Å². The number of carbonyl (C=O) groups excluding carboxylic acids is 2. The summed E-state index contributed by atoms with van der Waals surface area (Å²) in [7, 11) is 1.90. The van der Waals surface area contributed by atoms with Crippen molar-refractivity contribution in [3.05, 3.63) is 78.0 Å². The van der Waals surface area contributed by atoms with E-state index in [1.54, 1.807) is 42.6 Å². The molecule has 2 aromatic heterocycles. The van der Waals surface area contributed by atoms with E-state index in [-0.39, 0.29) is 11.7 Å². The molecule has 6 nitrogen and oxygen atoms in total. The molecule has 0 unspecified atom stereocenters. The number of pyridine rings is 1. The van der Waals surface area contributed by atoms with Crippen LogP contribution in [0.2, 0.25) is 0 Å². The summed E-state index contributed by atoms with van der Waals surface area (Å²) in [4.78, 5) is 33.0. The summed E-state index contributed by atoms with van der Waals surface area (Å²) < 4.78 is 1.91. The Bertz CT molecular complexity index is 1190. The number of anilines is 1. The molecular formula is C22H18N4O2. The number of hydrogen-bond acceptors (Lipinski definition) is 4. The molecule has 0 aliphatic rings. The number of carbonyl (C=O) groups is 2. The van der Waals surface area contributed by atoms with Gasteiger partial charge in [0.25, 0.3) is 5.91 Å². The van der Waals surface area contributed by atoms with Crippen LogP contribution in [-0.2, 0) is 7.05 Å². The lowest BCUT2D eigenvalue weighted by atomic mass is 10.1. The van der Waals surface area contributed by atoms with Crippen LogP contribution in [0, 0.1) is 0 Å². The van der Waals surface area contributed by atoms with Gasteiger partial charge < -0.3 is 9.88 Å². The van der Waals surface area contributed by atoms with Crippen LogP contribution < -0.4 is 5.32 Å². The SMILES string of the molecule is CC(=O)c1ccc(NC(=O)c2cccc(-c3nc4cccnc4n3C)c2)cc1. The highest BCUT2D eigenvalue weighted by Gasteiger charge is 2.13. The van der Waals surface area contributed by atoms with Gasteiger partial charge in [0.2, 0.25) is 0 Å². The van der Waals surface area contributed by atoms with Gasteiger partial charge >= 0.3 is 0 Å². The number of benzene rings is 2. The lowest BCUT2D eigenvalue weighted by Crippen LogP contribution is -2.12. The third kappa shape index (κ3) is 3.27. The second-order valence-corrected chi connectivity index (χ2v) is 6.51. The van der Waals surface area contributed by atoms with Crippen LogP contribution in [0.15, 0.2) is 66.9 Å². The van der Waals surface area contributed by atoms with Gasteiger partial charge in [0.1, 0.15) is 11.3 Å². The third-order valence-electron chi connectivity index (χ3n) is 4.56. The zero-order valence-electron chi connectivity index (χ0n) is 15.5. The van der Waals surface area contributed by atoms with Crippen LogP contribution in [0.1, 0.15) is 27.6 Å². The van der Waals surface area contributed by atoms with Gasteiger partial charge in [-0.15, -0.1) is 0 Å². The minimum absolute atomic E-state index is 0.0116. The minimum Gasteiger partial charge on any atom is -0.322 e. The summed E-state index contributed by atoms with van der Waals surface area (Å²) in [6.45, 7) is 1.51. The molecule has 4 aromatic rings. The van der Waals surface area contributed by atoms with Gasteiger partial charge in [-0.3, -0.25) is 9.59 Å². The minimum atomic E-state index is -0.227. The largest absolute Gasteiger partial charge is 0.322 e. The van der Waals surface area contributed by atoms with Crippen molar-refractivity contribution in [2.75, 3.05) is 5.32 Å². The second-order valence-electron chi connectivity index (χ2n) is 6.51. The lowest BCUT2D eigenvalue weighted by molar-refractivity contribution is 0.101. The van der Waals surface area contributed by atoms with E-state index in [0.717, 1.165) is 22.6 Å². The molecule has 138 valence electrons. The van der Waals surface area contributed by atoms with Crippen molar-refractivity contribution < 1.29 is 9.59 Å². The Kier molecular flexibility index (Phi) is 4.45. The number of ketones is 1. The molecular weight excluding hydrogens is 352 g/mol. The van der Waals surface area contributed by atoms with Gasteiger partial charge in [-0.25, -0.2) is 9.97 Å². The van der Waals surface area contributed by atoms with Gasteiger partial charge in [-0.05, 0) is 55.5 Å². The number of fused-ring (bicyclic) bond motifs is 1. The van der Waals surface area contributed by atoms with E-state index in [1.165, 1.54) is 6.92 Å². The molecule has 0 spiro atoms. The Morgan fingerprint density at radius 2 is 1.75 bits per heavy atom. The summed E-state index contributed by atoms with van der Waals surface area (Å²) in [5.41, 5.74) is 4.19. The van der Waals surface area contributed by atoms with E-state index in [4.69, 9.17) is 0 Å². The molecule has 0 aliphatic carbocycles. The molecule has 2 heterocycles. The van der Waals surface area contributed by atoms with Crippen molar-refractivity contribution in [2.45, 2.75) is 6.92 Å². The standard InChI is InChI=1S/C22H18N4O2/c1-14(27)15-8-10-18(11-9-15)24-22(28)17-6-3-5-16(13-17)20-25-19-7-4-12-23-21(19)26(20)2/h3-13H,1-2H3,(H,24,28). The number of aryl methyl sites for hydroxylation is 1. The summed E-state index contributed by atoms with van der Waals surface area (Å²) in [5.74, 6) is 0.506. The first kappa shape index (κ1) is 17.6. The number of nitrogens with one attached hydrogen (secondary N) is 1. The van der Waals surface area contributed by atoms with Crippen molar-refractivity contribution in [3.8, 4) is 11.4 Å². The van der Waals surface area contributed by atoms with Gasteiger partial charge in [0, 0.05) is 35.6 Å². The third-order valence-corrected chi connectivity index (χ3v) is 4.56. The monoisotopic (exact) mass is 370 g/mol. The maximum Gasteiger partial charge on any atom is 0.255 e. The fraction of sp³-hybridized carbons (Fsp3) is 0.0909. The number of amides is 1. The number of hydrogen-bond donors (Lipinski definition) is 1. The second kappa shape index (κ2) is 7.08. The molecule has 2 aromatic carbocycles. The molecule has 1 amide bonds. The van der Waals surface area contributed by atoms with Gasteiger partial charge in [0.15, 0.2) is 11.4 Å². The average Bonchev–Trinajstić information content (AvgIpc) is 3.05. The van der Waals surface area contributed by atoms with Crippen molar-refractivity contribution in [1.82, 2.24) is 14.5 Å². The summed E-state index contributed by atoms with van der Waals surface area (Å²) >= 11 is 0. The summed E-state index contributed by atoms with van der Waals surface area (Å²) in [6.07, 6.45) is 1.73. The Morgan fingerprint density at radius 1 is 0.964 bits per heavy atom. The number of imidazole rings is 1. The van der Waals surface area contributed by atoms with Crippen LogP contribution >= 0.6 is 0 Å². The number of rotatable bonds is 4. The predicted molar refractivity (Wildman–Crippen MR) is 108 cm³/mol. The number of aromatic nitrogens is 3. The van der Waals surface area contributed by atoms with Crippen LogP contribution in [0.3, 0.4) is 0 Å². The molecule has 0 fully saturated rings. The van der Waals surface area contributed by atoms with Gasteiger partial charge in [-0.2, -0.15) is 0 Å². The molecule has 1 N–H and O–H groups in total. The molecule has 28 heavy (non-hydrogen) atoms. The van der Waals surface area contributed by atoms with E-state index < -0.39 is 0 Å². The first-order valence-corrected chi connectivity index (χ1v) is 8.83. The van der Waals surface area contributed by atoms with Gasteiger partial charge in [0.05, 0.1) is 0 Å². The molecule has 0 radical (unpaired) electrons. The lowest BCUT2D eigenvalue weighted by Gasteiger charge is -2.08. The van der Waals surface area contributed by atoms with E-state index >= 15 is 0 Å². The molecule has 6 heteroatoms. The van der Waals surface area contributed by atoms with Gasteiger partial charge in [-0.1, -0.05) is 12.1 Å². The molecule has 0 saturated carbocycles. The van der Waals surface area contributed by atoms with Crippen LogP contribution in [-0.4, -0.2) is 26.2 Å². The Morgan fingerprint density at radius 3 is 2.46 bits per heavy atom. The summed E-state index contributed by atoms with van der Waals surface area (Å²) in [5, 5.41) is 2.85. The van der Waals surface area contributed by atoms with Crippen LogP contribution in [0.5, 0.6) is 0 Å². The molecule has 0 saturated heterocycles. The Labute approximate surface area is 161 Å². The number of nitrogens with zero attached hydrogens (tertiary/aromatic N) is 3. The highest BCUT2D eigenvalue weighted by atomic mass is 16.1. The maximum atomic E-state index is 12.7. The van der Waals surface area contributed by atoms with E-state index in [1.807, 2.05) is 35.9 Å². The molecule has 4 rings (SSSR count). The first-order valence-electron chi connectivity index (χ1n) is 8.83. The molecule has 0 atom stereocenters. The van der Waals surface area contributed by atoms with Crippen molar-refractivity contribution in [3.63, 3.8) is 0 Å². The number of Topliss-reactive ketones (excluding diaryl/α,β-unsaturated/α-hetero) is 1. The Hall–Kier alpha value is -3.80. The molecule has 0 aliphatic heterocycles. The fourth-order valence-electron chi connectivity index (χ4n) is 3.07. The summed E-state index contributed by atoms with van der Waals surface area (Å²) in [6, 6.07) is 17.9. The molecule has 0 bridgehead atoms. The zero-order chi connectivity index (χ0) is 19.7. The topological polar surface area (TPSA) is 76.9 Å². The first-order chi connectivity index (χ1) is 13.5. The van der Waals surface area contributed by atoms with Crippen LogP contribution in [0.4, 0.5) is 5.69 Å². The average molecular weight is 370 g/mol. The predicted octanol–water partition coefficient (Wildman–Crippen LogP) is 4.09. The van der Waals surface area contributed by atoms with Crippen molar-refractivity contribution in [1.29, 1.82) is 0 Å². The highest BCUT2D eigenvalue weighted by Crippen LogP contribution is 2.23. The normalized spacial score (nSPS) is 10.8. The maximum absolute atomic E-state index is 12.7. The van der Waals surface area contributed by atoms with E-state index in [9.17, 15) is 9.59 Å². The van der Waals surface area contributed by atoms with Crippen LogP contribution in [0.25, 0.3) is 22.6 Å². The Balaban J connectivity index is 1.61. The highest BCUT2D eigenvalue weighted by molar-refractivity contribution is 6.05. The van der Waals surface area contributed by atoms with Crippen molar-refractivity contribution >= 4 is 28.5 Å². The quantitative estimate of drug-likeness (QED) is 0.549. The zero-order valence-corrected chi connectivity index (χ0v) is 15.5. The van der Waals surface area contributed by atoms with E-state index in [0.29, 0.717) is 16.8 Å². The fourth-order valence-corrected chi connectivity index (χ4v) is 3.07. The van der Waals surface area contributed by atoms with Crippen molar-refractivity contribution in [2.24, 2.45) is 7.05 Å².